The van der Waals surface area contributed by atoms with Crippen LogP contribution in [0.3, 0.4) is 0 Å². The molecule has 0 N–H and O–H groups in total. The fourth-order valence-corrected chi connectivity index (χ4v) is 1.47. The number of hydrogen-bond acceptors (Lipinski definition) is 2. The van der Waals surface area contributed by atoms with E-state index in [1.165, 1.54) is 0 Å². The molecule has 0 unspecified atom stereocenters. The van der Waals surface area contributed by atoms with E-state index in [1.54, 1.807) is 18.3 Å². The molecule has 0 amide bonds. The molecule has 0 bridgehead atoms. The number of carbonyl (C=O) groups is 1. The first-order valence-corrected chi connectivity index (χ1v) is 5.62. The molecule has 0 radical (unpaired) electrons. The van der Waals surface area contributed by atoms with Crippen molar-refractivity contribution in [3.05, 3.63) is 29.0 Å². The normalized spacial score (nSPS) is 10.7. The monoisotopic (exact) mass is 225 g/mol. The van der Waals surface area contributed by atoms with Gasteiger partial charge in [-0.2, -0.15) is 0 Å². The van der Waals surface area contributed by atoms with Crippen molar-refractivity contribution < 1.29 is 4.79 Å². The van der Waals surface area contributed by atoms with Crippen LogP contribution in [0, 0.1) is 5.92 Å². The van der Waals surface area contributed by atoms with E-state index < -0.39 is 0 Å². The maximum absolute atomic E-state index is 11.7. The van der Waals surface area contributed by atoms with Gasteiger partial charge in [0, 0.05) is 18.2 Å². The van der Waals surface area contributed by atoms with Crippen LogP contribution >= 0.6 is 11.6 Å². The number of halogens is 1. The average Bonchev–Trinajstić information content (AvgIpc) is 2.18. The fraction of sp³-hybridized carbons (Fsp3) is 0.500. The quantitative estimate of drug-likeness (QED) is 0.564. The van der Waals surface area contributed by atoms with Gasteiger partial charge in [-0.1, -0.05) is 31.9 Å². The smallest absolute Gasteiger partial charge is 0.164 e. The average molecular weight is 226 g/mol. The third-order valence-electron chi connectivity index (χ3n) is 2.23. The van der Waals surface area contributed by atoms with Gasteiger partial charge in [-0.25, -0.2) is 4.98 Å². The van der Waals surface area contributed by atoms with Gasteiger partial charge in [-0.05, 0) is 24.5 Å². The third kappa shape index (κ3) is 4.43. The summed E-state index contributed by atoms with van der Waals surface area (Å²) in [4.78, 5) is 15.5. The number of ketones is 1. The Bertz CT molecular complexity index is 319. The van der Waals surface area contributed by atoms with Crippen LogP contribution in [0.15, 0.2) is 18.3 Å². The SMILES string of the molecule is CC(C)CCCC(=O)c1ccc(Cl)nc1. The molecule has 1 aromatic rings. The summed E-state index contributed by atoms with van der Waals surface area (Å²) in [6, 6.07) is 3.38. The molecule has 0 fully saturated rings. The van der Waals surface area contributed by atoms with E-state index in [0.717, 1.165) is 12.8 Å². The second-order valence-corrected chi connectivity index (χ2v) is 4.47. The molecule has 15 heavy (non-hydrogen) atoms. The predicted octanol–water partition coefficient (Wildman–Crippen LogP) is 3.74. The van der Waals surface area contributed by atoms with Gasteiger partial charge in [0.2, 0.25) is 0 Å². The summed E-state index contributed by atoms with van der Waals surface area (Å²) < 4.78 is 0. The van der Waals surface area contributed by atoms with Crippen LogP contribution in [-0.4, -0.2) is 10.8 Å². The van der Waals surface area contributed by atoms with Crippen LogP contribution < -0.4 is 0 Å². The molecule has 0 aliphatic rings. The van der Waals surface area contributed by atoms with Crippen molar-refractivity contribution in [2.75, 3.05) is 0 Å². The predicted molar refractivity (Wildman–Crippen MR) is 62.3 cm³/mol. The summed E-state index contributed by atoms with van der Waals surface area (Å²) in [5.41, 5.74) is 0.656. The Balaban J connectivity index is 2.43. The molecule has 1 heterocycles. The van der Waals surface area contributed by atoms with Gasteiger partial charge in [0.1, 0.15) is 5.15 Å². The highest BCUT2D eigenvalue weighted by atomic mass is 35.5. The minimum absolute atomic E-state index is 0.153. The zero-order valence-corrected chi connectivity index (χ0v) is 9.92. The summed E-state index contributed by atoms with van der Waals surface area (Å²) >= 11 is 5.64. The van der Waals surface area contributed by atoms with Gasteiger partial charge in [0.25, 0.3) is 0 Å². The highest BCUT2D eigenvalue weighted by Gasteiger charge is 2.06. The van der Waals surface area contributed by atoms with E-state index in [9.17, 15) is 4.79 Å². The van der Waals surface area contributed by atoms with Gasteiger partial charge in [0.15, 0.2) is 5.78 Å². The Morgan fingerprint density at radius 2 is 2.20 bits per heavy atom. The summed E-state index contributed by atoms with van der Waals surface area (Å²) in [7, 11) is 0. The molecule has 0 atom stereocenters. The van der Waals surface area contributed by atoms with Crippen LogP contribution in [0.5, 0.6) is 0 Å². The zero-order chi connectivity index (χ0) is 11.3. The number of hydrogen-bond donors (Lipinski definition) is 0. The highest BCUT2D eigenvalue weighted by molar-refractivity contribution is 6.29. The molecule has 0 saturated carbocycles. The Hall–Kier alpha value is -0.890. The van der Waals surface area contributed by atoms with Gasteiger partial charge in [-0.15, -0.1) is 0 Å². The van der Waals surface area contributed by atoms with Crippen molar-refractivity contribution >= 4 is 17.4 Å². The second-order valence-electron chi connectivity index (χ2n) is 4.08. The van der Waals surface area contributed by atoms with Crippen molar-refractivity contribution in [3.63, 3.8) is 0 Å². The number of aromatic nitrogens is 1. The standard InChI is InChI=1S/C12H16ClNO/c1-9(2)4-3-5-11(15)10-6-7-12(13)14-8-10/h6-9H,3-5H2,1-2H3. The maximum Gasteiger partial charge on any atom is 0.164 e. The van der Waals surface area contributed by atoms with Crippen molar-refractivity contribution in [1.29, 1.82) is 0 Å². The second kappa shape index (κ2) is 5.86. The lowest BCUT2D eigenvalue weighted by Crippen LogP contribution is -2.00. The lowest BCUT2D eigenvalue weighted by atomic mass is 10.0. The Kier molecular flexibility index (Phi) is 4.76. The highest BCUT2D eigenvalue weighted by Crippen LogP contribution is 2.11. The van der Waals surface area contributed by atoms with Gasteiger partial charge in [-0.3, -0.25) is 4.79 Å². The molecule has 2 nitrogen and oxygen atoms in total. The summed E-state index contributed by atoms with van der Waals surface area (Å²) in [6.07, 6.45) is 4.17. The lowest BCUT2D eigenvalue weighted by molar-refractivity contribution is 0.0978. The summed E-state index contributed by atoms with van der Waals surface area (Å²) in [5.74, 6) is 0.806. The third-order valence-corrected chi connectivity index (χ3v) is 2.46. The number of rotatable bonds is 5. The molecule has 0 aromatic carbocycles. The van der Waals surface area contributed by atoms with E-state index in [4.69, 9.17) is 11.6 Å². The van der Waals surface area contributed by atoms with Crippen molar-refractivity contribution in [2.45, 2.75) is 33.1 Å². The minimum atomic E-state index is 0.153. The Morgan fingerprint density at radius 1 is 1.47 bits per heavy atom. The van der Waals surface area contributed by atoms with Crippen molar-refractivity contribution in [1.82, 2.24) is 4.98 Å². The number of Topliss-reactive ketones (excluding diaryl/α,β-unsaturated/α-hetero) is 1. The first kappa shape index (κ1) is 12.2. The number of nitrogens with zero attached hydrogens (tertiary/aromatic N) is 1. The Labute approximate surface area is 95.7 Å². The molecule has 1 aromatic heterocycles. The summed E-state index contributed by atoms with van der Waals surface area (Å²) in [5, 5.41) is 0.425. The van der Waals surface area contributed by atoms with Crippen LogP contribution in [0.1, 0.15) is 43.5 Å². The van der Waals surface area contributed by atoms with E-state index in [0.29, 0.717) is 23.1 Å². The van der Waals surface area contributed by atoms with Crippen LogP contribution in [0.25, 0.3) is 0 Å². The zero-order valence-electron chi connectivity index (χ0n) is 9.16. The van der Waals surface area contributed by atoms with Crippen molar-refractivity contribution in [3.8, 4) is 0 Å². The topological polar surface area (TPSA) is 30.0 Å². The van der Waals surface area contributed by atoms with Gasteiger partial charge in [0.05, 0.1) is 0 Å². The molecule has 0 saturated heterocycles. The van der Waals surface area contributed by atoms with E-state index in [2.05, 4.69) is 18.8 Å². The van der Waals surface area contributed by atoms with E-state index >= 15 is 0 Å². The molecular formula is C12H16ClNO. The van der Waals surface area contributed by atoms with Gasteiger partial charge >= 0.3 is 0 Å². The summed E-state index contributed by atoms with van der Waals surface area (Å²) in [6.45, 7) is 4.32. The Morgan fingerprint density at radius 3 is 2.73 bits per heavy atom. The minimum Gasteiger partial charge on any atom is -0.294 e. The van der Waals surface area contributed by atoms with Crippen LogP contribution in [0.4, 0.5) is 0 Å². The lowest BCUT2D eigenvalue weighted by Gasteiger charge is -2.03. The van der Waals surface area contributed by atoms with Crippen LogP contribution in [-0.2, 0) is 0 Å². The van der Waals surface area contributed by atoms with Gasteiger partial charge < -0.3 is 0 Å². The molecule has 0 aliphatic carbocycles. The fourth-order valence-electron chi connectivity index (χ4n) is 1.36. The maximum atomic E-state index is 11.7. The molecule has 3 heteroatoms. The van der Waals surface area contributed by atoms with E-state index in [1.807, 2.05) is 0 Å². The molecule has 1 rings (SSSR count). The van der Waals surface area contributed by atoms with E-state index in [-0.39, 0.29) is 5.78 Å². The molecule has 82 valence electrons. The molecule has 0 aliphatic heterocycles. The first-order valence-electron chi connectivity index (χ1n) is 5.24. The number of carbonyl (C=O) groups excluding carboxylic acids is 1. The first-order chi connectivity index (χ1) is 7.09. The van der Waals surface area contributed by atoms with Crippen molar-refractivity contribution in [2.24, 2.45) is 5.92 Å². The largest absolute Gasteiger partial charge is 0.294 e. The number of pyridine rings is 1. The molecular weight excluding hydrogens is 210 g/mol. The molecule has 0 spiro atoms. The van der Waals surface area contributed by atoms with Crippen LogP contribution in [0.2, 0.25) is 5.15 Å².